The largest absolute Gasteiger partial charge is 0.354 e. The molecule has 0 aliphatic rings. The Labute approximate surface area is 160 Å². The van der Waals surface area contributed by atoms with Crippen molar-refractivity contribution in [2.45, 2.75) is 6.92 Å². The van der Waals surface area contributed by atoms with Crippen LogP contribution in [0.25, 0.3) is 0 Å². The standard InChI is InChI=1S/C20H15ClFN3O2/c1-12(26)13-4-2-5-14(10-13)24-15-8-9-18(23-11-15)25-20(27)19-16(21)6-3-7-17(19)22/h2-11,24H,1H3,(H,23,25,27). The monoisotopic (exact) mass is 383 g/mol. The fraction of sp³-hybridized carbons (Fsp3) is 0.0500. The number of hydrogen-bond acceptors (Lipinski definition) is 4. The van der Waals surface area contributed by atoms with E-state index in [4.69, 9.17) is 11.6 Å². The van der Waals surface area contributed by atoms with Crippen molar-refractivity contribution < 1.29 is 14.0 Å². The van der Waals surface area contributed by atoms with Crippen LogP contribution < -0.4 is 10.6 Å². The minimum atomic E-state index is -0.705. The van der Waals surface area contributed by atoms with Crippen molar-refractivity contribution in [3.8, 4) is 0 Å². The van der Waals surface area contributed by atoms with Gasteiger partial charge in [0, 0.05) is 11.3 Å². The Kier molecular flexibility index (Phi) is 5.47. The van der Waals surface area contributed by atoms with Crippen LogP contribution in [-0.2, 0) is 0 Å². The van der Waals surface area contributed by atoms with E-state index in [2.05, 4.69) is 15.6 Å². The molecule has 27 heavy (non-hydrogen) atoms. The molecule has 0 bridgehead atoms. The van der Waals surface area contributed by atoms with Gasteiger partial charge in [0.1, 0.15) is 11.6 Å². The molecular weight excluding hydrogens is 369 g/mol. The van der Waals surface area contributed by atoms with Crippen LogP contribution >= 0.6 is 11.6 Å². The van der Waals surface area contributed by atoms with Gasteiger partial charge in [0.2, 0.25) is 0 Å². The number of anilines is 3. The second-order valence-corrected chi connectivity index (χ2v) is 6.15. The van der Waals surface area contributed by atoms with Crippen LogP contribution in [0.2, 0.25) is 5.02 Å². The Morgan fingerprint density at radius 3 is 2.48 bits per heavy atom. The molecule has 7 heteroatoms. The number of ketones is 1. The summed E-state index contributed by atoms with van der Waals surface area (Å²) in [6.45, 7) is 1.50. The Morgan fingerprint density at radius 1 is 1.04 bits per heavy atom. The Balaban J connectivity index is 1.71. The Bertz CT molecular complexity index is 986. The molecule has 0 saturated heterocycles. The van der Waals surface area contributed by atoms with E-state index in [1.54, 1.807) is 30.3 Å². The third kappa shape index (κ3) is 4.48. The van der Waals surface area contributed by atoms with Crippen LogP contribution in [0.4, 0.5) is 21.6 Å². The molecule has 0 aliphatic heterocycles. The molecule has 136 valence electrons. The van der Waals surface area contributed by atoms with Crippen LogP contribution in [0, 0.1) is 5.82 Å². The highest BCUT2D eigenvalue weighted by atomic mass is 35.5. The predicted molar refractivity (Wildman–Crippen MR) is 103 cm³/mol. The van der Waals surface area contributed by atoms with Crippen molar-refractivity contribution in [3.05, 3.63) is 82.8 Å². The molecular formula is C20H15ClFN3O2. The summed E-state index contributed by atoms with van der Waals surface area (Å²) in [5.74, 6) is -1.16. The quantitative estimate of drug-likeness (QED) is 0.603. The van der Waals surface area contributed by atoms with E-state index in [1.165, 1.54) is 25.3 Å². The molecule has 1 heterocycles. The van der Waals surface area contributed by atoms with Gasteiger partial charge in [-0.05, 0) is 43.3 Å². The van der Waals surface area contributed by atoms with Gasteiger partial charge in [-0.15, -0.1) is 0 Å². The number of nitrogens with zero attached hydrogens (tertiary/aromatic N) is 1. The molecule has 0 unspecified atom stereocenters. The first kappa shape index (κ1) is 18.5. The van der Waals surface area contributed by atoms with Gasteiger partial charge in [0.05, 0.1) is 22.5 Å². The average molecular weight is 384 g/mol. The fourth-order valence-electron chi connectivity index (χ4n) is 2.42. The highest BCUT2D eigenvalue weighted by Crippen LogP contribution is 2.21. The number of benzene rings is 2. The first-order valence-corrected chi connectivity index (χ1v) is 8.41. The lowest BCUT2D eigenvalue weighted by molar-refractivity contribution is 0.101. The van der Waals surface area contributed by atoms with Gasteiger partial charge in [0.15, 0.2) is 5.78 Å². The summed E-state index contributed by atoms with van der Waals surface area (Å²) >= 11 is 5.89. The first-order valence-electron chi connectivity index (χ1n) is 8.03. The molecule has 1 amide bonds. The second-order valence-electron chi connectivity index (χ2n) is 5.74. The second kappa shape index (κ2) is 7.97. The van der Waals surface area contributed by atoms with Gasteiger partial charge in [-0.3, -0.25) is 9.59 Å². The summed E-state index contributed by atoms with van der Waals surface area (Å²) in [5.41, 5.74) is 1.76. The van der Waals surface area contributed by atoms with E-state index in [1.807, 2.05) is 6.07 Å². The molecule has 2 aromatic carbocycles. The number of Topliss-reactive ketones (excluding diaryl/α,β-unsaturated/α-hetero) is 1. The summed E-state index contributed by atoms with van der Waals surface area (Å²) in [6.07, 6.45) is 1.51. The highest BCUT2D eigenvalue weighted by molar-refractivity contribution is 6.34. The lowest BCUT2D eigenvalue weighted by Gasteiger charge is -2.09. The highest BCUT2D eigenvalue weighted by Gasteiger charge is 2.16. The van der Waals surface area contributed by atoms with Crippen LogP contribution in [0.3, 0.4) is 0 Å². The van der Waals surface area contributed by atoms with Crippen LogP contribution in [-0.4, -0.2) is 16.7 Å². The maximum absolute atomic E-state index is 13.8. The van der Waals surface area contributed by atoms with E-state index < -0.39 is 11.7 Å². The number of rotatable bonds is 5. The summed E-state index contributed by atoms with van der Waals surface area (Å²) in [6, 6.07) is 14.4. The number of hydrogen-bond donors (Lipinski definition) is 2. The molecule has 0 spiro atoms. The van der Waals surface area contributed by atoms with Crippen molar-refractivity contribution >= 4 is 40.5 Å². The average Bonchev–Trinajstić information content (AvgIpc) is 2.63. The minimum Gasteiger partial charge on any atom is -0.354 e. The maximum atomic E-state index is 13.8. The molecule has 3 aromatic rings. The molecule has 5 nitrogen and oxygen atoms in total. The Hall–Kier alpha value is -3.25. The third-order valence-corrected chi connectivity index (χ3v) is 4.07. The van der Waals surface area contributed by atoms with E-state index >= 15 is 0 Å². The summed E-state index contributed by atoms with van der Waals surface area (Å²) in [7, 11) is 0. The molecule has 0 aliphatic carbocycles. The van der Waals surface area contributed by atoms with Crippen molar-refractivity contribution in [1.82, 2.24) is 4.98 Å². The van der Waals surface area contributed by atoms with Gasteiger partial charge >= 0.3 is 0 Å². The molecule has 0 radical (unpaired) electrons. The molecule has 2 N–H and O–H groups in total. The number of halogens is 2. The van der Waals surface area contributed by atoms with Crippen molar-refractivity contribution in [2.24, 2.45) is 0 Å². The smallest absolute Gasteiger partial charge is 0.261 e. The lowest BCUT2D eigenvalue weighted by atomic mass is 10.1. The zero-order valence-electron chi connectivity index (χ0n) is 14.3. The number of amides is 1. The number of carbonyl (C=O) groups is 2. The topological polar surface area (TPSA) is 71.1 Å². The number of nitrogens with one attached hydrogen (secondary N) is 2. The van der Waals surface area contributed by atoms with Crippen LogP contribution in [0.5, 0.6) is 0 Å². The zero-order chi connectivity index (χ0) is 19.4. The normalized spacial score (nSPS) is 10.3. The van der Waals surface area contributed by atoms with Gasteiger partial charge in [-0.1, -0.05) is 29.8 Å². The summed E-state index contributed by atoms with van der Waals surface area (Å²) in [4.78, 5) is 27.8. The van der Waals surface area contributed by atoms with Crippen molar-refractivity contribution in [1.29, 1.82) is 0 Å². The van der Waals surface area contributed by atoms with Crippen LogP contribution in [0.1, 0.15) is 27.6 Å². The fourth-order valence-corrected chi connectivity index (χ4v) is 2.67. The molecule has 0 fully saturated rings. The van der Waals surface area contributed by atoms with E-state index in [0.717, 1.165) is 11.8 Å². The number of carbonyl (C=O) groups excluding carboxylic acids is 2. The predicted octanol–water partition coefficient (Wildman–Crippen LogP) is 5.07. The summed E-state index contributed by atoms with van der Waals surface area (Å²) in [5, 5.41) is 5.65. The van der Waals surface area contributed by atoms with Gasteiger partial charge in [0.25, 0.3) is 5.91 Å². The molecule has 1 aromatic heterocycles. The van der Waals surface area contributed by atoms with Gasteiger partial charge in [-0.2, -0.15) is 0 Å². The van der Waals surface area contributed by atoms with E-state index in [0.29, 0.717) is 11.3 Å². The van der Waals surface area contributed by atoms with E-state index in [9.17, 15) is 14.0 Å². The van der Waals surface area contributed by atoms with Crippen molar-refractivity contribution in [2.75, 3.05) is 10.6 Å². The minimum absolute atomic E-state index is 0.0242. The van der Waals surface area contributed by atoms with Gasteiger partial charge < -0.3 is 10.6 Å². The lowest BCUT2D eigenvalue weighted by Crippen LogP contribution is -2.15. The van der Waals surface area contributed by atoms with Crippen LogP contribution in [0.15, 0.2) is 60.8 Å². The summed E-state index contributed by atoms with van der Waals surface area (Å²) < 4.78 is 13.8. The Morgan fingerprint density at radius 2 is 1.81 bits per heavy atom. The maximum Gasteiger partial charge on any atom is 0.261 e. The zero-order valence-corrected chi connectivity index (χ0v) is 15.0. The third-order valence-electron chi connectivity index (χ3n) is 3.75. The molecule has 3 rings (SSSR count). The van der Waals surface area contributed by atoms with E-state index in [-0.39, 0.29) is 22.2 Å². The SMILES string of the molecule is CC(=O)c1cccc(Nc2ccc(NC(=O)c3c(F)cccc3Cl)nc2)c1. The number of aromatic nitrogens is 1. The molecule has 0 saturated carbocycles. The molecule has 0 atom stereocenters. The number of pyridine rings is 1. The first-order chi connectivity index (χ1) is 12.9. The van der Waals surface area contributed by atoms with Crippen molar-refractivity contribution in [3.63, 3.8) is 0 Å². The van der Waals surface area contributed by atoms with Gasteiger partial charge in [-0.25, -0.2) is 9.37 Å².